The van der Waals surface area contributed by atoms with Crippen LogP contribution < -0.4 is 4.72 Å². The van der Waals surface area contributed by atoms with Crippen LogP contribution >= 0.6 is 0 Å². The van der Waals surface area contributed by atoms with E-state index >= 15 is 0 Å². The highest BCUT2D eigenvalue weighted by Crippen LogP contribution is 2.12. The first-order valence-electron chi connectivity index (χ1n) is 5.74. The number of carbonyl (C=O) groups is 1. The second-order valence-corrected chi connectivity index (χ2v) is 5.80. The second kappa shape index (κ2) is 7.10. The normalized spacial score (nSPS) is 11.1. The number of anilines is 1. The maximum Gasteiger partial charge on any atom is 0.305 e. The Kier molecular flexibility index (Phi) is 5.78. The van der Waals surface area contributed by atoms with Gasteiger partial charge in [-0.2, -0.15) is 0 Å². The van der Waals surface area contributed by atoms with Crippen LogP contribution in [0.3, 0.4) is 0 Å². The van der Waals surface area contributed by atoms with Gasteiger partial charge < -0.3 is 9.84 Å². The average molecular weight is 287 g/mol. The lowest BCUT2D eigenvalue weighted by Crippen LogP contribution is -2.17. The molecule has 0 fully saturated rings. The third-order valence-electron chi connectivity index (χ3n) is 2.43. The molecule has 0 aliphatic rings. The van der Waals surface area contributed by atoms with Gasteiger partial charge in [0.25, 0.3) is 0 Å². The van der Waals surface area contributed by atoms with E-state index in [0.717, 1.165) is 0 Å². The zero-order valence-electron chi connectivity index (χ0n) is 10.6. The van der Waals surface area contributed by atoms with Crippen molar-refractivity contribution in [3.8, 4) is 0 Å². The minimum atomic E-state index is -3.48. The lowest BCUT2D eigenvalue weighted by molar-refractivity contribution is -0.140. The minimum Gasteiger partial charge on any atom is -0.469 e. The van der Waals surface area contributed by atoms with E-state index in [1.165, 1.54) is 7.11 Å². The number of aliphatic hydroxyl groups is 1. The van der Waals surface area contributed by atoms with Crippen LogP contribution in [0.1, 0.15) is 18.4 Å². The van der Waals surface area contributed by atoms with E-state index in [1.54, 1.807) is 24.3 Å². The van der Waals surface area contributed by atoms with Gasteiger partial charge in [-0.15, -0.1) is 0 Å². The molecule has 1 aromatic carbocycles. The third-order valence-corrected chi connectivity index (χ3v) is 3.80. The zero-order chi connectivity index (χ0) is 14.3. The smallest absolute Gasteiger partial charge is 0.305 e. The SMILES string of the molecule is COC(=O)CCCS(=O)(=O)Nc1ccc(CO)cc1. The molecule has 6 nitrogen and oxygen atoms in total. The topological polar surface area (TPSA) is 92.7 Å². The highest BCUT2D eigenvalue weighted by molar-refractivity contribution is 7.92. The van der Waals surface area contributed by atoms with Gasteiger partial charge in [0.05, 0.1) is 19.5 Å². The summed E-state index contributed by atoms with van der Waals surface area (Å²) in [6, 6.07) is 6.41. The van der Waals surface area contributed by atoms with E-state index in [2.05, 4.69) is 9.46 Å². The van der Waals surface area contributed by atoms with Gasteiger partial charge in [0.2, 0.25) is 10.0 Å². The van der Waals surface area contributed by atoms with E-state index in [4.69, 9.17) is 5.11 Å². The van der Waals surface area contributed by atoms with Gasteiger partial charge in [-0.3, -0.25) is 9.52 Å². The molecule has 0 radical (unpaired) electrons. The number of methoxy groups -OCH3 is 1. The summed E-state index contributed by atoms with van der Waals surface area (Å²) in [6.07, 6.45) is 0.275. The summed E-state index contributed by atoms with van der Waals surface area (Å²) in [4.78, 5) is 10.9. The summed E-state index contributed by atoms with van der Waals surface area (Å²) in [6.45, 7) is -0.0911. The van der Waals surface area contributed by atoms with Crippen molar-refractivity contribution in [1.82, 2.24) is 0 Å². The standard InChI is InChI=1S/C12H17NO5S/c1-18-12(15)3-2-8-19(16,17)13-11-6-4-10(9-14)5-7-11/h4-7,13-14H,2-3,8-9H2,1H3. The molecule has 0 bridgehead atoms. The van der Waals surface area contributed by atoms with Crippen molar-refractivity contribution in [2.24, 2.45) is 0 Å². The summed E-state index contributed by atoms with van der Waals surface area (Å²) >= 11 is 0. The van der Waals surface area contributed by atoms with Crippen molar-refractivity contribution < 1.29 is 23.1 Å². The van der Waals surface area contributed by atoms with Crippen LogP contribution in [0, 0.1) is 0 Å². The zero-order valence-corrected chi connectivity index (χ0v) is 11.4. The molecule has 1 rings (SSSR count). The largest absolute Gasteiger partial charge is 0.469 e. The molecule has 0 saturated heterocycles. The second-order valence-electron chi connectivity index (χ2n) is 3.96. The number of hydrogen-bond acceptors (Lipinski definition) is 5. The highest BCUT2D eigenvalue weighted by Gasteiger charge is 2.11. The Morgan fingerprint density at radius 3 is 2.47 bits per heavy atom. The number of rotatable bonds is 7. The molecular formula is C12H17NO5S. The van der Waals surface area contributed by atoms with E-state index < -0.39 is 16.0 Å². The van der Waals surface area contributed by atoms with Crippen LogP contribution in [0.4, 0.5) is 5.69 Å². The van der Waals surface area contributed by atoms with Gasteiger partial charge in [0, 0.05) is 12.1 Å². The number of hydrogen-bond donors (Lipinski definition) is 2. The van der Waals surface area contributed by atoms with Crippen molar-refractivity contribution in [1.29, 1.82) is 0 Å². The van der Waals surface area contributed by atoms with Gasteiger partial charge in [-0.25, -0.2) is 8.42 Å². The quantitative estimate of drug-likeness (QED) is 0.726. The van der Waals surface area contributed by atoms with E-state index in [-0.39, 0.29) is 25.2 Å². The van der Waals surface area contributed by atoms with Crippen LogP contribution in [0.2, 0.25) is 0 Å². The number of aliphatic hydroxyl groups excluding tert-OH is 1. The predicted molar refractivity (Wildman–Crippen MR) is 71.0 cm³/mol. The molecular weight excluding hydrogens is 270 g/mol. The molecule has 0 aromatic heterocycles. The lowest BCUT2D eigenvalue weighted by Gasteiger charge is -2.08. The lowest BCUT2D eigenvalue weighted by atomic mass is 10.2. The molecule has 0 aliphatic heterocycles. The molecule has 0 heterocycles. The first-order valence-corrected chi connectivity index (χ1v) is 7.39. The van der Waals surface area contributed by atoms with Crippen LogP contribution in [0.15, 0.2) is 24.3 Å². The van der Waals surface area contributed by atoms with Gasteiger partial charge in [-0.05, 0) is 24.1 Å². The Labute approximate surface area is 112 Å². The monoisotopic (exact) mass is 287 g/mol. The Morgan fingerprint density at radius 2 is 1.95 bits per heavy atom. The fourth-order valence-electron chi connectivity index (χ4n) is 1.42. The summed E-state index contributed by atoms with van der Waals surface area (Å²) in [5.74, 6) is -0.577. The molecule has 1 aromatic rings. The number of carbonyl (C=O) groups excluding carboxylic acids is 1. The van der Waals surface area contributed by atoms with Gasteiger partial charge >= 0.3 is 5.97 Å². The number of ether oxygens (including phenoxy) is 1. The van der Waals surface area contributed by atoms with E-state index in [9.17, 15) is 13.2 Å². The van der Waals surface area contributed by atoms with Crippen LogP contribution in [-0.4, -0.2) is 32.4 Å². The Hall–Kier alpha value is -1.60. The van der Waals surface area contributed by atoms with Crippen molar-refractivity contribution in [2.75, 3.05) is 17.6 Å². The van der Waals surface area contributed by atoms with Crippen molar-refractivity contribution in [3.05, 3.63) is 29.8 Å². The molecule has 0 spiro atoms. The van der Waals surface area contributed by atoms with Gasteiger partial charge in [0.1, 0.15) is 0 Å². The molecule has 106 valence electrons. The first kappa shape index (κ1) is 15.5. The molecule has 19 heavy (non-hydrogen) atoms. The van der Waals surface area contributed by atoms with Crippen LogP contribution in [0.25, 0.3) is 0 Å². The minimum absolute atomic E-state index is 0.0703. The van der Waals surface area contributed by atoms with Gasteiger partial charge in [-0.1, -0.05) is 12.1 Å². The van der Waals surface area contributed by atoms with E-state index in [1.807, 2.05) is 0 Å². The van der Waals surface area contributed by atoms with Crippen LogP contribution in [-0.2, 0) is 26.2 Å². The fourth-order valence-corrected chi connectivity index (χ4v) is 2.54. The Morgan fingerprint density at radius 1 is 1.32 bits per heavy atom. The number of esters is 1. The molecule has 7 heteroatoms. The highest BCUT2D eigenvalue weighted by atomic mass is 32.2. The number of benzene rings is 1. The molecule has 0 saturated carbocycles. The maximum absolute atomic E-state index is 11.7. The van der Waals surface area contributed by atoms with Gasteiger partial charge in [0.15, 0.2) is 0 Å². The van der Waals surface area contributed by atoms with Crippen molar-refractivity contribution in [2.45, 2.75) is 19.4 Å². The van der Waals surface area contributed by atoms with Crippen molar-refractivity contribution >= 4 is 21.7 Å². The average Bonchev–Trinajstić information content (AvgIpc) is 2.38. The van der Waals surface area contributed by atoms with Crippen LogP contribution in [0.5, 0.6) is 0 Å². The predicted octanol–water partition coefficient (Wildman–Crippen LogP) is 0.874. The first-order chi connectivity index (χ1) is 8.96. The van der Waals surface area contributed by atoms with Crippen molar-refractivity contribution in [3.63, 3.8) is 0 Å². The number of sulfonamides is 1. The summed E-state index contributed by atoms with van der Waals surface area (Å²) in [7, 11) is -2.22. The molecule has 0 unspecified atom stereocenters. The molecule has 2 N–H and O–H groups in total. The van der Waals surface area contributed by atoms with E-state index in [0.29, 0.717) is 11.3 Å². The fraction of sp³-hybridized carbons (Fsp3) is 0.417. The third kappa shape index (κ3) is 5.71. The summed E-state index contributed by atoms with van der Waals surface area (Å²) in [5.41, 5.74) is 1.13. The molecule has 0 aliphatic carbocycles. The Balaban J connectivity index is 2.51. The maximum atomic E-state index is 11.7. The molecule has 0 atom stereocenters. The summed E-state index contributed by atoms with van der Waals surface area (Å²) in [5, 5.41) is 8.87. The Bertz CT molecular complexity index is 509. The summed E-state index contributed by atoms with van der Waals surface area (Å²) < 4.78 is 30.3. The molecule has 0 amide bonds. The number of nitrogens with one attached hydrogen (secondary N) is 1.